The highest BCUT2D eigenvalue weighted by Gasteiger charge is 2.31. The number of rotatable bonds is 7. The van der Waals surface area contributed by atoms with E-state index < -0.39 is 6.36 Å². The van der Waals surface area contributed by atoms with Crippen molar-refractivity contribution in [1.29, 1.82) is 0 Å². The van der Waals surface area contributed by atoms with Crippen LogP contribution in [-0.2, 0) is 4.79 Å². The average Bonchev–Trinajstić information content (AvgIpc) is 2.44. The Morgan fingerprint density at radius 2 is 1.91 bits per heavy atom. The first-order valence-corrected chi connectivity index (χ1v) is 7.17. The zero-order valence-corrected chi connectivity index (χ0v) is 13.4. The van der Waals surface area contributed by atoms with Crippen molar-refractivity contribution in [2.24, 2.45) is 0 Å². The Morgan fingerprint density at radius 1 is 1.35 bits per heavy atom. The van der Waals surface area contributed by atoms with E-state index in [9.17, 15) is 18.0 Å². The van der Waals surface area contributed by atoms with Crippen LogP contribution in [0.2, 0.25) is 0 Å². The molecule has 0 spiro atoms. The lowest BCUT2D eigenvalue weighted by Crippen LogP contribution is -2.42. The lowest BCUT2D eigenvalue weighted by molar-refractivity contribution is -0.274. The van der Waals surface area contributed by atoms with Gasteiger partial charge in [-0.1, -0.05) is 19.1 Å². The normalized spacial score (nSPS) is 12.8. The van der Waals surface area contributed by atoms with Crippen molar-refractivity contribution in [1.82, 2.24) is 4.90 Å². The Bertz CT molecular complexity index is 541. The number of ether oxygens (including phenoxy) is 1. The number of amides is 1. The highest BCUT2D eigenvalue weighted by atomic mass is 19.4. The molecule has 0 aliphatic rings. The lowest BCUT2D eigenvalue weighted by atomic mass is 10.2. The molecule has 0 radical (unpaired) electrons. The SMILES string of the molecule is C=C(C)CN(CC)C(C)C(=O)Nc1ccc(OC(F)(F)F)cc1. The maximum atomic E-state index is 12.2. The maximum absolute atomic E-state index is 12.2. The van der Waals surface area contributed by atoms with Crippen molar-refractivity contribution in [2.45, 2.75) is 33.2 Å². The molecule has 0 saturated carbocycles. The summed E-state index contributed by atoms with van der Waals surface area (Å²) in [5.74, 6) is -0.571. The van der Waals surface area contributed by atoms with E-state index in [4.69, 9.17) is 0 Å². The summed E-state index contributed by atoms with van der Waals surface area (Å²) >= 11 is 0. The maximum Gasteiger partial charge on any atom is 0.573 e. The molecule has 0 fully saturated rings. The number of likely N-dealkylation sites (N-methyl/N-ethyl adjacent to an activating group) is 1. The first kappa shape index (κ1) is 19.0. The molecule has 23 heavy (non-hydrogen) atoms. The summed E-state index contributed by atoms with van der Waals surface area (Å²) in [6.45, 7) is 10.7. The largest absolute Gasteiger partial charge is 0.573 e. The summed E-state index contributed by atoms with van der Waals surface area (Å²) in [5, 5.41) is 2.67. The monoisotopic (exact) mass is 330 g/mol. The van der Waals surface area contributed by atoms with Crippen molar-refractivity contribution in [3.63, 3.8) is 0 Å². The fraction of sp³-hybridized carbons (Fsp3) is 0.438. The molecule has 7 heteroatoms. The number of anilines is 1. The molecular weight excluding hydrogens is 309 g/mol. The first-order chi connectivity index (χ1) is 10.6. The highest BCUT2D eigenvalue weighted by molar-refractivity contribution is 5.94. The molecule has 4 nitrogen and oxygen atoms in total. The molecule has 0 saturated heterocycles. The fourth-order valence-corrected chi connectivity index (χ4v) is 2.02. The van der Waals surface area contributed by atoms with Crippen LogP contribution in [0.1, 0.15) is 20.8 Å². The number of hydrogen-bond donors (Lipinski definition) is 1. The summed E-state index contributed by atoms with van der Waals surface area (Å²) < 4.78 is 40.0. The van der Waals surface area contributed by atoms with Gasteiger partial charge in [0, 0.05) is 12.2 Å². The standard InChI is InChI=1S/C16H21F3N2O2/c1-5-21(10-11(2)3)12(4)15(22)20-13-6-8-14(9-7-13)23-16(17,18)19/h6-9,12H,2,5,10H2,1,3-4H3,(H,20,22). The summed E-state index contributed by atoms with van der Waals surface area (Å²) in [7, 11) is 0. The van der Waals surface area contributed by atoms with Crippen LogP contribution in [0, 0.1) is 0 Å². The zero-order valence-electron chi connectivity index (χ0n) is 13.4. The minimum atomic E-state index is -4.73. The second-order valence-electron chi connectivity index (χ2n) is 5.26. The Morgan fingerprint density at radius 3 is 2.35 bits per heavy atom. The topological polar surface area (TPSA) is 41.6 Å². The summed E-state index contributed by atoms with van der Waals surface area (Å²) in [5.41, 5.74) is 1.35. The number of carbonyl (C=O) groups excluding carboxylic acids is 1. The van der Waals surface area contributed by atoms with Gasteiger partial charge in [0.2, 0.25) is 5.91 Å². The Balaban J connectivity index is 2.67. The molecule has 128 valence electrons. The van der Waals surface area contributed by atoms with Crippen LogP contribution < -0.4 is 10.1 Å². The predicted molar refractivity (Wildman–Crippen MR) is 83.3 cm³/mol. The Kier molecular flexibility index (Phi) is 6.62. The molecule has 0 bridgehead atoms. The van der Waals surface area contributed by atoms with E-state index in [-0.39, 0.29) is 17.7 Å². The van der Waals surface area contributed by atoms with Gasteiger partial charge in [-0.05, 0) is 44.7 Å². The van der Waals surface area contributed by atoms with Crippen molar-refractivity contribution in [3.05, 3.63) is 36.4 Å². The highest BCUT2D eigenvalue weighted by Crippen LogP contribution is 2.24. The van der Waals surface area contributed by atoms with Crippen LogP contribution >= 0.6 is 0 Å². The molecule has 1 aromatic rings. The molecule has 0 aromatic heterocycles. The zero-order chi connectivity index (χ0) is 17.6. The quantitative estimate of drug-likeness (QED) is 0.773. The third-order valence-electron chi connectivity index (χ3n) is 3.16. The van der Waals surface area contributed by atoms with Gasteiger partial charge >= 0.3 is 6.36 Å². The number of alkyl halides is 3. The van der Waals surface area contributed by atoms with Gasteiger partial charge in [-0.2, -0.15) is 0 Å². The predicted octanol–water partition coefficient (Wildman–Crippen LogP) is 3.81. The summed E-state index contributed by atoms with van der Waals surface area (Å²) in [6, 6.07) is 4.64. The van der Waals surface area contributed by atoms with Gasteiger partial charge in [-0.15, -0.1) is 13.2 Å². The van der Waals surface area contributed by atoms with Crippen LogP contribution in [-0.4, -0.2) is 36.3 Å². The number of nitrogens with zero attached hydrogens (tertiary/aromatic N) is 1. The van der Waals surface area contributed by atoms with Gasteiger partial charge in [0.1, 0.15) is 5.75 Å². The number of carbonyl (C=O) groups is 1. The van der Waals surface area contributed by atoms with E-state index in [0.29, 0.717) is 18.8 Å². The molecule has 1 rings (SSSR count). The van der Waals surface area contributed by atoms with Gasteiger partial charge < -0.3 is 10.1 Å². The number of nitrogens with one attached hydrogen (secondary N) is 1. The van der Waals surface area contributed by atoms with Crippen LogP contribution in [0.5, 0.6) is 5.75 Å². The van der Waals surface area contributed by atoms with Crippen molar-refractivity contribution < 1.29 is 22.7 Å². The van der Waals surface area contributed by atoms with Gasteiger partial charge in [0.25, 0.3) is 0 Å². The molecule has 1 amide bonds. The second-order valence-corrected chi connectivity index (χ2v) is 5.26. The van der Waals surface area contributed by atoms with Crippen LogP contribution in [0.25, 0.3) is 0 Å². The van der Waals surface area contributed by atoms with Crippen LogP contribution in [0.3, 0.4) is 0 Å². The molecule has 0 aliphatic carbocycles. The van der Waals surface area contributed by atoms with Crippen LogP contribution in [0.15, 0.2) is 36.4 Å². The second kappa shape index (κ2) is 8.01. The minimum absolute atomic E-state index is 0.238. The van der Waals surface area contributed by atoms with Gasteiger partial charge in [0.05, 0.1) is 6.04 Å². The van der Waals surface area contributed by atoms with Gasteiger partial charge in [-0.3, -0.25) is 9.69 Å². The van der Waals surface area contributed by atoms with Crippen LogP contribution in [0.4, 0.5) is 18.9 Å². The average molecular weight is 330 g/mol. The lowest BCUT2D eigenvalue weighted by Gasteiger charge is -2.27. The molecule has 0 heterocycles. The van der Waals surface area contributed by atoms with Crippen molar-refractivity contribution in [3.8, 4) is 5.75 Å². The summed E-state index contributed by atoms with van der Waals surface area (Å²) in [6.07, 6.45) is -4.73. The number of hydrogen-bond acceptors (Lipinski definition) is 3. The van der Waals surface area contributed by atoms with Crippen molar-refractivity contribution in [2.75, 3.05) is 18.4 Å². The smallest absolute Gasteiger partial charge is 0.406 e. The summed E-state index contributed by atoms with van der Waals surface area (Å²) in [4.78, 5) is 14.2. The van der Waals surface area contributed by atoms with E-state index in [1.807, 2.05) is 18.7 Å². The molecule has 1 aromatic carbocycles. The first-order valence-electron chi connectivity index (χ1n) is 7.17. The number of benzene rings is 1. The van der Waals surface area contributed by atoms with E-state index >= 15 is 0 Å². The molecular formula is C16H21F3N2O2. The van der Waals surface area contributed by atoms with E-state index in [1.165, 1.54) is 12.1 Å². The Hall–Kier alpha value is -2.02. The molecule has 1 N–H and O–H groups in total. The van der Waals surface area contributed by atoms with E-state index in [1.54, 1.807) is 6.92 Å². The minimum Gasteiger partial charge on any atom is -0.406 e. The third-order valence-corrected chi connectivity index (χ3v) is 3.16. The number of halogens is 3. The molecule has 0 aliphatic heterocycles. The van der Waals surface area contributed by atoms with Gasteiger partial charge in [0.15, 0.2) is 0 Å². The van der Waals surface area contributed by atoms with E-state index in [0.717, 1.165) is 17.7 Å². The third kappa shape index (κ3) is 6.73. The van der Waals surface area contributed by atoms with Gasteiger partial charge in [-0.25, -0.2) is 0 Å². The molecule has 1 unspecified atom stereocenters. The fourth-order valence-electron chi connectivity index (χ4n) is 2.02. The van der Waals surface area contributed by atoms with Crippen molar-refractivity contribution >= 4 is 11.6 Å². The Labute approximate surface area is 133 Å². The molecule has 1 atom stereocenters. The van der Waals surface area contributed by atoms with E-state index in [2.05, 4.69) is 16.6 Å².